The maximum atomic E-state index is 3.77. The SMILES string of the molecule is Br.BrCCc1c[nH]nn1. The number of aryl methyl sites for hydroxylation is 1. The number of hydrogen-bond acceptors (Lipinski definition) is 2. The molecule has 0 spiro atoms. The smallest absolute Gasteiger partial charge is 0.0832 e. The molecular formula is C4H7Br2N3. The van der Waals surface area contributed by atoms with Crippen molar-refractivity contribution >= 4 is 32.9 Å². The van der Waals surface area contributed by atoms with E-state index in [0.717, 1.165) is 17.4 Å². The zero-order chi connectivity index (χ0) is 5.82. The summed E-state index contributed by atoms with van der Waals surface area (Å²) in [6.07, 6.45) is 2.73. The lowest BCUT2D eigenvalue weighted by molar-refractivity contribution is 0.911. The number of rotatable bonds is 2. The summed E-state index contributed by atoms with van der Waals surface area (Å²) in [6.45, 7) is 0. The highest BCUT2D eigenvalue weighted by Gasteiger charge is 1.90. The van der Waals surface area contributed by atoms with Crippen LogP contribution in [0.2, 0.25) is 0 Å². The Kier molecular flexibility index (Phi) is 4.99. The van der Waals surface area contributed by atoms with Crippen LogP contribution in [0.3, 0.4) is 0 Å². The van der Waals surface area contributed by atoms with Gasteiger partial charge in [0.1, 0.15) is 0 Å². The second-order valence-electron chi connectivity index (χ2n) is 1.40. The van der Waals surface area contributed by atoms with Crippen LogP contribution in [-0.2, 0) is 6.42 Å². The van der Waals surface area contributed by atoms with Crippen LogP contribution in [0.1, 0.15) is 5.69 Å². The van der Waals surface area contributed by atoms with Crippen molar-refractivity contribution in [3.05, 3.63) is 11.9 Å². The molecule has 0 saturated carbocycles. The van der Waals surface area contributed by atoms with E-state index in [2.05, 4.69) is 31.3 Å². The van der Waals surface area contributed by atoms with Crippen LogP contribution in [0, 0.1) is 0 Å². The van der Waals surface area contributed by atoms with Gasteiger partial charge in [-0.2, -0.15) is 0 Å². The first-order valence-electron chi connectivity index (χ1n) is 2.35. The second kappa shape index (κ2) is 4.93. The third kappa shape index (κ3) is 2.95. The van der Waals surface area contributed by atoms with E-state index in [0.29, 0.717) is 0 Å². The Bertz CT molecular complexity index is 140. The van der Waals surface area contributed by atoms with Crippen molar-refractivity contribution < 1.29 is 0 Å². The van der Waals surface area contributed by atoms with Crippen molar-refractivity contribution in [2.45, 2.75) is 6.42 Å². The largest absolute Gasteiger partial charge is 0.265 e. The summed E-state index contributed by atoms with van der Waals surface area (Å²) < 4.78 is 0. The van der Waals surface area contributed by atoms with E-state index >= 15 is 0 Å². The van der Waals surface area contributed by atoms with Crippen LogP contribution in [0.4, 0.5) is 0 Å². The van der Waals surface area contributed by atoms with Crippen molar-refractivity contribution in [2.75, 3.05) is 5.33 Å². The maximum Gasteiger partial charge on any atom is 0.0832 e. The van der Waals surface area contributed by atoms with Gasteiger partial charge in [-0.15, -0.1) is 22.1 Å². The molecule has 0 bridgehead atoms. The van der Waals surface area contributed by atoms with Crippen molar-refractivity contribution in [2.24, 2.45) is 0 Å². The summed E-state index contributed by atoms with van der Waals surface area (Å²) >= 11 is 3.29. The van der Waals surface area contributed by atoms with E-state index in [9.17, 15) is 0 Å². The Hall–Kier alpha value is 0.1000. The molecule has 3 nitrogen and oxygen atoms in total. The van der Waals surface area contributed by atoms with Gasteiger partial charge in [-0.05, 0) is 0 Å². The van der Waals surface area contributed by atoms with Gasteiger partial charge in [0.05, 0.1) is 5.69 Å². The lowest BCUT2D eigenvalue weighted by Gasteiger charge is -1.81. The molecule has 0 radical (unpaired) electrons. The molecule has 0 unspecified atom stereocenters. The number of alkyl halides is 1. The van der Waals surface area contributed by atoms with Crippen LogP contribution in [-0.4, -0.2) is 20.7 Å². The van der Waals surface area contributed by atoms with Crippen molar-refractivity contribution in [1.29, 1.82) is 0 Å². The number of halogens is 2. The highest BCUT2D eigenvalue weighted by molar-refractivity contribution is 9.09. The normalized spacial score (nSPS) is 8.56. The summed E-state index contributed by atoms with van der Waals surface area (Å²) in [6, 6.07) is 0. The average Bonchev–Trinajstić information content (AvgIpc) is 2.19. The lowest BCUT2D eigenvalue weighted by atomic mass is 10.4. The molecule has 0 amide bonds. The van der Waals surface area contributed by atoms with Crippen LogP contribution in [0.15, 0.2) is 6.20 Å². The molecule has 0 aliphatic rings. The van der Waals surface area contributed by atoms with Crippen LogP contribution >= 0.6 is 32.9 Å². The Morgan fingerprint density at radius 1 is 1.67 bits per heavy atom. The van der Waals surface area contributed by atoms with Gasteiger partial charge in [-0.25, -0.2) is 0 Å². The number of nitrogens with one attached hydrogen (secondary N) is 1. The minimum atomic E-state index is 0. The van der Waals surface area contributed by atoms with Crippen LogP contribution in [0.25, 0.3) is 0 Å². The summed E-state index contributed by atoms with van der Waals surface area (Å²) in [7, 11) is 0. The average molecular weight is 257 g/mol. The molecule has 0 aliphatic carbocycles. The first kappa shape index (κ1) is 9.10. The molecule has 1 rings (SSSR count). The van der Waals surface area contributed by atoms with Gasteiger partial charge in [0.25, 0.3) is 0 Å². The molecule has 1 heterocycles. The predicted octanol–water partition coefficient (Wildman–Crippen LogP) is 1.32. The van der Waals surface area contributed by atoms with E-state index in [1.54, 1.807) is 6.20 Å². The topological polar surface area (TPSA) is 41.6 Å². The second-order valence-corrected chi connectivity index (χ2v) is 2.20. The Balaban J connectivity index is 0.000000640. The molecule has 1 aromatic rings. The minimum Gasteiger partial charge on any atom is -0.265 e. The summed E-state index contributed by atoms with van der Waals surface area (Å²) in [4.78, 5) is 0. The van der Waals surface area contributed by atoms with Gasteiger partial charge in [-0.1, -0.05) is 21.1 Å². The van der Waals surface area contributed by atoms with Crippen molar-refractivity contribution in [3.8, 4) is 0 Å². The fourth-order valence-corrected chi connectivity index (χ4v) is 0.851. The third-order valence-corrected chi connectivity index (χ3v) is 1.21. The summed E-state index contributed by atoms with van der Waals surface area (Å²) in [5.74, 6) is 0. The first-order valence-corrected chi connectivity index (χ1v) is 3.47. The molecule has 1 aromatic heterocycles. The zero-order valence-electron chi connectivity index (χ0n) is 4.67. The van der Waals surface area contributed by atoms with Gasteiger partial charge in [0.15, 0.2) is 0 Å². The lowest BCUT2D eigenvalue weighted by Crippen LogP contribution is -1.83. The number of hydrogen-bond donors (Lipinski definition) is 1. The Morgan fingerprint density at radius 3 is 2.89 bits per heavy atom. The van der Waals surface area contributed by atoms with E-state index in [1.807, 2.05) is 0 Å². The molecule has 0 aromatic carbocycles. The Labute approximate surface area is 72.1 Å². The molecule has 0 saturated heterocycles. The summed E-state index contributed by atoms with van der Waals surface area (Å²) in [5.41, 5.74) is 1.00. The molecule has 0 fully saturated rings. The van der Waals surface area contributed by atoms with Crippen molar-refractivity contribution in [3.63, 3.8) is 0 Å². The monoisotopic (exact) mass is 255 g/mol. The van der Waals surface area contributed by atoms with Crippen LogP contribution in [0.5, 0.6) is 0 Å². The van der Waals surface area contributed by atoms with Gasteiger partial charge < -0.3 is 0 Å². The minimum absolute atomic E-state index is 0. The van der Waals surface area contributed by atoms with E-state index in [-0.39, 0.29) is 17.0 Å². The summed E-state index contributed by atoms with van der Waals surface area (Å²) in [5, 5.41) is 10.9. The molecule has 0 atom stereocenters. The number of nitrogens with zero attached hydrogens (tertiary/aromatic N) is 2. The van der Waals surface area contributed by atoms with Crippen molar-refractivity contribution in [1.82, 2.24) is 15.4 Å². The highest BCUT2D eigenvalue weighted by Crippen LogP contribution is 1.92. The molecule has 5 heteroatoms. The van der Waals surface area contributed by atoms with E-state index in [1.165, 1.54) is 0 Å². The number of aromatic amines is 1. The fraction of sp³-hybridized carbons (Fsp3) is 0.500. The fourth-order valence-electron chi connectivity index (χ4n) is 0.444. The zero-order valence-corrected chi connectivity index (χ0v) is 7.97. The molecule has 1 N–H and O–H groups in total. The Morgan fingerprint density at radius 2 is 2.44 bits per heavy atom. The predicted molar refractivity (Wildman–Crippen MR) is 44.2 cm³/mol. The van der Waals surface area contributed by atoms with E-state index in [4.69, 9.17) is 0 Å². The third-order valence-electron chi connectivity index (χ3n) is 0.818. The number of aromatic nitrogens is 3. The quantitative estimate of drug-likeness (QED) is 0.811. The van der Waals surface area contributed by atoms with Gasteiger partial charge >= 0.3 is 0 Å². The molecular weight excluding hydrogens is 250 g/mol. The highest BCUT2D eigenvalue weighted by atomic mass is 79.9. The number of H-pyrrole nitrogens is 1. The molecule has 52 valence electrons. The van der Waals surface area contributed by atoms with Gasteiger partial charge in [0.2, 0.25) is 0 Å². The molecule has 9 heavy (non-hydrogen) atoms. The van der Waals surface area contributed by atoms with Crippen LogP contribution < -0.4 is 0 Å². The first-order chi connectivity index (χ1) is 3.93. The van der Waals surface area contributed by atoms with Gasteiger partial charge in [0, 0.05) is 17.9 Å². The molecule has 0 aliphatic heterocycles. The van der Waals surface area contributed by atoms with E-state index < -0.39 is 0 Å². The maximum absolute atomic E-state index is 3.77. The standard InChI is InChI=1S/C4H6BrN3.BrH/c5-2-1-4-3-6-8-7-4;/h3H,1-2H2,(H,6,7,8);1H. The van der Waals surface area contributed by atoms with Gasteiger partial charge in [-0.3, -0.25) is 5.10 Å².